The molecule has 1 unspecified atom stereocenters. The molecule has 0 saturated carbocycles. The molecule has 0 aromatic rings. The van der Waals surface area contributed by atoms with Crippen LogP contribution in [0.4, 0.5) is 0 Å². The molecule has 1 rings (SSSR count). The van der Waals surface area contributed by atoms with Crippen molar-refractivity contribution >= 4 is 10.0 Å². The van der Waals surface area contributed by atoms with Crippen LogP contribution in [0.3, 0.4) is 0 Å². The summed E-state index contributed by atoms with van der Waals surface area (Å²) in [5.74, 6) is 0. The van der Waals surface area contributed by atoms with Crippen LogP contribution in [0.1, 0.15) is 19.8 Å². The van der Waals surface area contributed by atoms with Gasteiger partial charge in [-0.05, 0) is 6.42 Å². The van der Waals surface area contributed by atoms with Crippen LogP contribution in [-0.2, 0) is 10.0 Å². The first-order valence-electron chi connectivity index (χ1n) is 3.01. The number of hydrogen-bond acceptors (Lipinski definition) is 4. The van der Waals surface area contributed by atoms with E-state index in [1.807, 2.05) is 6.92 Å². The Morgan fingerprint density at radius 3 is 2.50 bits per heavy atom. The highest BCUT2D eigenvalue weighted by Crippen LogP contribution is 2.34. The number of sulfonamides is 1. The van der Waals surface area contributed by atoms with E-state index >= 15 is 0 Å². The zero-order valence-corrected chi connectivity index (χ0v) is 6.34. The normalized spacial score (nSPS) is 28.1. The summed E-state index contributed by atoms with van der Waals surface area (Å²) in [7, 11) is -3.26. The average molecular weight is 164 g/mol. The van der Waals surface area contributed by atoms with Crippen LogP contribution in [0, 0.1) is 4.91 Å². The van der Waals surface area contributed by atoms with Gasteiger partial charge in [0.15, 0.2) is 5.37 Å². The molecule has 0 N–H and O–H groups in total. The maximum atomic E-state index is 10.7. The van der Waals surface area contributed by atoms with E-state index in [1.54, 1.807) is 0 Å². The molecule has 1 fully saturated rings. The van der Waals surface area contributed by atoms with Crippen molar-refractivity contribution in [1.29, 1.82) is 0 Å². The third-order valence-corrected chi connectivity index (χ3v) is 3.17. The van der Waals surface area contributed by atoms with E-state index in [2.05, 4.69) is 5.29 Å². The quantitative estimate of drug-likeness (QED) is 0.449. The number of nitroso groups, excluding NO2 is 1. The third kappa shape index (κ3) is 0.880. The summed E-state index contributed by atoms with van der Waals surface area (Å²) in [6.45, 7) is 1.86. The molecule has 5 nitrogen and oxygen atoms in total. The Morgan fingerprint density at radius 1 is 1.60 bits per heavy atom. The van der Waals surface area contributed by atoms with Crippen molar-refractivity contribution in [3.05, 3.63) is 4.91 Å². The number of rotatable bonds is 3. The highest BCUT2D eigenvalue weighted by Gasteiger charge is 2.55. The van der Waals surface area contributed by atoms with Crippen molar-refractivity contribution in [2.24, 2.45) is 5.29 Å². The van der Waals surface area contributed by atoms with Crippen LogP contribution in [0.15, 0.2) is 5.29 Å². The van der Waals surface area contributed by atoms with Gasteiger partial charge in [-0.2, -0.15) is 0 Å². The summed E-state index contributed by atoms with van der Waals surface area (Å²) in [4.78, 5) is 9.76. The summed E-state index contributed by atoms with van der Waals surface area (Å²) in [5.41, 5.74) is 0. The van der Waals surface area contributed by atoms with Gasteiger partial charge in [-0.25, -0.2) is 8.42 Å². The minimum Gasteiger partial charge on any atom is -0.203 e. The highest BCUT2D eigenvalue weighted by molar-refractivity contribution is 7.95. The third-order valence-electron chi connectivity index (χ3n) is 1.42. The van der Waals surface area contributed by atoms with Crippen LogP contribution in [0.2, 0.25) is 0 Å². The Bertz CT molecular complexity index is 235. The molecule has 58 valence electrons. The first kappa shape index (κ1) is 7.46. The lowest BCUT2D eigenvalue weighted by Crippen LogP contribution is -1.90. The van der Waals surface area contributed by atoms with Gasteiger partial charge in [0.25, 0.3) is 10.0 Å². The second kappa shape index (κ2) is 2.19. The highest BCUT2D eigenvalue weighted by atomic mass is 32.2. The lowest BCUT2D eigenvalue weighted by atomic mass is 10.3. The van der Waals surface area contributed by atoms with Gasteiger partial charge in [0.1, 0.15) is 0 Å². The van der Waals surface area contributed by atoms with E-state index in [0.29, 0.717) is 10.8 Å². The van der Waals surface area contributed by atoms with Gasteiger partial charge >= 0.3 is 0 Å². The number of nitrogens with zero attached hydrogens (tertiary/aromatic N) is 2. The maximum absolute atomic E-state index is 10.7. The van der Waals surface area contributed by atoms with Crippen molar-refractivity contribution in [3.63, 3.8) is 0 Å². The standard InChI is InChI=1S/C4H8N2O3S/c1-2-3-4-6(5-7)10(4,8)9/h4H,2-3H2,1H3. The molecule has 0 bridgehead atoms. The Balaban J connectivity index is 2.62. The van der Waals surface area contributed by atoms with Gasteiger partial charge in [-0.1, -0.05) is 13.3 Å². The molecule has 0 radical (unpaired) electrons. The Morgan fingerprint density at radius 2 is 2.20 bits per heavy atom. The second-order valence-electron chi connectivity index (χ2n) is 2.14. The van der Waals surface area contributed by atoms with Gasteiger partial charge in [0, 0.05) is 0 Å². The summed E-state index contributed by atoms with van der Waals surface area (Å²) in [6.07, 6.45) is 1.24. The van der Waals surface area contributed by atoms with E-state index in [0.717, 1.165) is 6.42 Å². The van der Waals surface area contributed by atoms with E-state index in [1.165, 1.54) is 0 Å². The largest absolute Gasteiger partial charge is 0.277 e. The fourth-order valence-corrected chi connectivity index (χ4v) is 2.28. The maximum Gasteiger partial charge on any atom is 0.277 e. The Hall–Kier alpha value is -0.650. The molecule has 1 saturated heterocycles. The van der Waals surface area contributed by atoms with Crippen molar-refractivity contribution in [1.82, 2.24) is 4.41 Å². The van der Waals surface area contributed by atoms with E-state index in [4.69, 9.17) is 0 Å². The first-order valence-corrected chi connectivity index (χ1v) is 4.51. The Kier molecular flexibility index (Phi) is 1.63. The minimum absolute atomic E-state index is 0.494. The number of hydrogen-bond donors (Lipinski definition) is 0. The molecular weight excluding hydrogens is 156 g/mol. The molecule has 6 heteroatoms. The van der Waals surface area contributed by atoms with Crippen molar-refractivity contribution in [2.45, 2.75) is 25.1 Å². The first-order chi connectivity index (χ1) is 4.64. The zero-order valence-electron chi connectivity index (χ0n) is 5.52. The summed E-state index contributed by atoms with van der Waals surface area (Å²) >= 11 is 0. The lowest BCUT2D eigenvalue weighted by Gasteiger charge is -1.81. The van der Waals surface area contributed by atoms with Gasteiger partial charge in [0.2, 0.25) is 0 Å². The van der Waals surface area contributed by atoms with Crippen molar-refractivity contribution < 1.29 is 8.42 Å². The summed E-state index contributed by atoms with van der Waals surface area (Å²) in [5, 5.41) is 1.72. The van der Waals surface area contributed by atoms with Gasteiger partial charge < -0.3 is 0 Å². The Labute approximate surface area is 59.0 Å². The van der Waals surface area contributed by atoms with Crippen molar-refractivity contribution in [3.8, 4) is 0 Å². The van der Waals surface area contributed by atoms with E-state index in [-0.39, 0.29) is 0 Å². The van der Waals surface area contributed by atoms with Crippen LogP contribution >= 0.6 is 0 Å². The fourth-order valence-electron chi connectivity index (χ4n) is 0.837. The molecule has 10 heavy (non-hydrogen) atoms. The molecule has 0 aromatic heterocycles. The lowest BCUT2D eigenvalue weighted by molar-refractivity contribution is 0.524. The fraction of sp³-hybridized carbons (Fsp3) is 1.00. The van der Waals surface area contributed by atoms with Gasteiger partial charge in [0.05, 0.1) is 5.29 Å². The molecule has 1 heterocycles. The van der Waals surface area contributed by atoms with Gasteiger partial charge in [-0.15, -0.1) is 9.32 Å². The van der Waals surface area contributed by atoms with Crippen LogP contribution in [0.25, 0.3) is 0 Å². The summed E-state index contributed by atoms with van der Waals surface area (Å²) in [6, 6.07) is 0. The molecule has 1 atom stereocenters. The minimum atomic E-state index is -3.26. The second-order valence-corrected chi connectivity index (χ2v) is 4.09. The summed E-state index contributed by atoms with van der Waals surface area (Å²) < 4.78 is 21.9. The average Bonchev–Trinajstić information content (AvgIpc) is 2.36. The zero-order chi connectivity index (χ0) is 7.78. The SMILES string of the molecule is CCCC1N(N=O)S1(=O)=O. The monoisotopic (exact) mass is 164 g/mol. The molecule has 0 spiro atoms. The topological polar surface area (TPSA) is 66.6 Å². The van der Waals surface area contributed by atoms with Crippen LogP contribution < -0.4 is 0 Å². The molecule has 0 amide bonds. The van der Waals surface area contributed by atoms with E-state index < -0.39 is 15.4 Å². The van der Waals surface area contributed by atoms with Crippen molar-refractivity contribution in [2.75, 3.05) is 0 Å². The predicted molar refractivity (Wildman–Crippen MR) is 35.2 cm³/mol. The molecule has 1 aliphatic rings. The van der Waals surface area contributed by atoms with Crippen LogP contribution in [-0.4, -0.2) is 18.2 Å². The smallest absolute Gasteiger partial charge is 0.203 e. The van der Waals surface area contributed by atoms with E-state index in [9.17, 15) is 13.3 Å². The molecule has 0 aliphatic carbocycles. The van der Waals surface area contributed by atoms with Gasteiger partial charge in [-0.3, -0.25) is 0 Å². The molecular formula is C4H8N2O3S. The van der Waals surface area contributed by atoms with Crippen LogP contribution in [0.5, 0.6) is 0 Å². The molecule has 1 aliphatic heterocycles. The molecule has 0 aromatic carbocycles. The predicted octanol–water partition coefficient (Wildman–Crippen LogP) is 0.439.